The van der Waals surface area contributed by atoms with Gasteiger partial charge in [-0.2, -0.15) is 0 Å². The number of nitrogens with one attached hydrogen (secondary N) is 1. The molecule has 2 heterocycles. The minimum absolute atomic E-state index is 0.0319. The molecule has 0 aliphatic heterocycles. The van der Waals surface area contributed by atoms with Crippen molar-refractivity contribution in [2.45, 2.75) is 30.9 Å². The zero-order valence-electron chi connectivity index (χ0n) is 14.4. The number of halogens is 1. The average molecular weight is 462 g/mol. The Kier molecular flexibility index (Phi) is 7.01. The predicted molar refractivity (Wildman–Crippen MR) is 107 cm³/mol. The Balaban J connectivity index is 2.34. The highest BCUT2D eigenvalue weighted by Crippen LogP contribution is 2.28. The van der Waals surface area contributed by atoms with Gasteiger partial charge in [0.1, 0.15) is 15.6 Å². The number of hydrogen-bond donors (Lipinski definition) is 2. The molecule has 0 saturated carbocycles. The third kappa shape index (κ3) is 4.95. The van der Waals surface area contributed by atoms with Gasteiger partial charge in [-0.05, 0) is 47.5 Å². The molecule has 0 saturated heterocycles. The van der Waals surface area contributed by atoms with E-state index in [1.165, 1.54) is 18.3 Å². The van der Waals surface area contributed by atoms with Gasteiger partial charge in [0, 0.05) is 13.1 Å². The first-order chi connectivity index (χ1) is 12.3. The van der Waals surface area contributed by atoms with Gasteiger partial charge < -0.3 is 10.0 Å². The van der Waals surface area contributed by atoms with Gasteiger partial charge in [-0.15, -0.1) is 11.3 Å². The first kappa shape index (κ1) is 20.7. The zero-order valence-corrected chi connectivity index (χ0v) is 17.6. The summed E-state index contributed by atoms with van der Waals surface area (Å²) in [5.41, 5.74) is 0.0812. The van der Waals surface area contributed by atoms with E-state index >= 15 is 0 Å². The zero-order chi connectivity index (χ0) is 19.3. The Hall–Kier alpha value is -1.65. The quantitative estimate of drug-likeness (QED) is 0.584. The Bertz CT molecular complexity index is 883. The fourth-order valence-electron chi connectivity index (χ4n) is 2.33. The van der Waals surface area contributed by atoms with Gasteiger partial charge in [-0.25, -0.2) is 18.2 Å². The van der Waals surface area contributed by atoms with E-state index in [1.807, 2.05) is 11.8 Å². The fraction of sp³-hybridized carbons (Fsp3) is 0.375. The summed E-state index contributed by atoms with van der Waals surface area (Å²) in [4.78, 5) is 17.8. The summed E-state index contributed by atoms with van der Waals surface area (Å²) in [6.45, 7) is 5.28. The number of carboxylic acid groups (broad SMARTS) is 1. The van der Waals surface area contributed by atoms with Gasteiger partial charge in [-0.3, -0.25) is 4.72 Å². The number of carboxylic acids is 1. The van der Waals surface area contributed by atoms with Crippen molar-refractivity contribution >= 4 is 54.8 Å². The maximum Gasteiger partial charge on any atom is 0.339 e. The lowest BCUT2D eigenvalue weighted by atomic mass is 10.2. The molecule has 2 N–H and O–H groups in total. The predicted octanol–water partition coefficient (Wildman–Crippen LogP) is 4.03. The van der Waals surface area contributed by atoms with Crippen molar-refractivity contribution in [3.05, 3.63) is 33.7 Å². The number of hydrogen-bond acceptors (Lipinski definition) is 6. The standard InChI is InChI=1S/C16H20BrN3O4S2/c1-3-5-8-20(4-2)15-12(16(21)22)9-11(10-18-15)19-26(23,24)14-7-6-13(17)25-14/h6-7,9-10,19H,3-5,8H2,1-2H3,(H,21,22). The maximum absolute atomic E-state index is 12.4. The average Bonchev–Trinajstić information content (AvgIpc) is 3.03. The lowest BCUT2D eigenvalue weighted by Crippen LogP contribution is -2.27. The molecular weight excluding hydrogens is 442 g/mol. The van der Waals surface area contributed by atoms with Crippen LogP contribution in [0.5, 0.6) is 0 Å². The second kappa shape index (κ2) is 8.83. The monoisotopic (exact) mass is 461 g/mol. The number of sulfonamides is 1. The Labute approximate surface area is 165 Å². The summed E-state index contributed by atoms with van der Waals surface area (Å²) < 4.78 is 28.0. The third-order valence-electron chi connectivity index (χ3n) is 3.63. The molecule has 0 fully saturated rings. The summed E-state index contributed by atoms with van der Waals surface area (Å²) >= 11 is 4.29. The molecule has 0 amide bonds. The van der Waals surface area contributed by atoms with E-state index in [1.54, 1.807) is 6.07 Å². The molecule has 0 radical (unpaired) electrons. The Morgan fingerprint density at radius 2 is 2.12 bits per heavy atom. The summed E-state index contributed by atoms with van der Waals surface area (Å²) in [6, 6.07) is 4.41. The van der Waals surface area contributed by atoms with Crippen LogP contribution in [-0.2, 0) is 10.0 Å². The minimum Gasteiger partial charge on any atom is -0.478 e. The largest absolute Gasteiger partial charge is 0.478 e. The molecule has 0 unspecified atom stereocenters. The molecule has 10 heteroatoms. The first-order valence-corrected chi connectivity index (χ1v) is 11.1. The molecular formula is C16H20BrN3O4S2. The van der Waals surface area contributed by atoms with Crippen molar-refractivity contribution in [3.63, 3.8) is 0 Å². The summed E-state index contributed by atoms with van der Waals surface area (Å²) in [7, 11) is -3.80. The number of carbonyl (C=O) groups is 1. The molecule has 142 valence electrons. The van der Waals surface area contributed by atoms with Crippen LogP contribution < -0.4 is 9.62 Å². The van der Waals surface area contributed by atoms with Gasteiger partial charge in [-0.1, -0.05) is 13.3 Å². The topological polar surface area (TPSA) is 99.6 Å². The molecule has 0 aliphatic rings. The van der Waals surface area contributed by atoms with E-state index in [9.17, 15) is 18.3 Å². The molecule has 2 rings (SSSR count). The van der Waals surface area contributed by atoms with Crippen LogP contribution in [-0.4, -0.2) is 37.6 Å². The van der Waals surface area contributed by atoms with E-state index in [0.29, 0.717) is 22.7 Å². The third-order valence-corrected chi connectivity index (χ3v) is 7.12. The van der Waals surface area contributed by atoms with Crippen LogP contribution in [0.1, 0.15) is 37.0 Å². The van der Waals surface area contributed by atoms with E-state index in [4.69, 9.17) is 0 Å². The second-order valence-electron chi connectivity index (χ2n) is 5.50. The van der Waals surface area contributed by atoms with Crippen molar-refractivity contribution in [1.82, 2.24) is 4.98 Å². The first-order valence-electron chi connectivity index (χ1n) is 8.05. The number of anilines is 2. The Morgan fingerprint density at radius 1 is 1.38 bits per heavy atom. The number of rotatable bonds is 9. The molecule has 0 atom stereocenters. The van der Waals surface area contributed by atoms with E-state index in [0.717, 1.165) is 24.2 Å². The molecule has 0 aromatic carbocycles. The van der Waals surface area contributed by atoms with Crippen molar-refractivity contribution in [2.75, 3.05) is 22.7 Å². The number of unbranched alkanes of at least 4 members (excludes halogenated alkanes) is 1. The lowest BCUT2D eigenvalue weighted by Gasteiger charge is -2.23. The number of aromatic carboxylic acids is 1. The molecule has 7 nitrogen and oxygen atoms in total. The molecule has 2 aromatic heterocycles. The number of pyridine rings is 1. The number of nitrogens with zero attached hydrogens (tertiary/aromatic N) is 2. The molecule has 0 bridgehead atoms. The normalized spacial score (nSPS) is 11.3. The maximum atomic E-state index is 12.4. The Morgan fingerprint density at radius 3 is 2.65 bits per heavy atom. The van der Waals surface area contributed by atoms with Crippen LogP contribution in [0.4, 0.5) is 11.5 Å². The highest BCUT2D eigenvalue weighted by molar-refractivity contribution is 9.11. The summed E-state index contributed by atoms with van der Waals surface area (Å²) in [5.74, 6) is -0.808. The summed E-state index contributed by atoms with van der Waals surface area (Å²) in [6.07, 6.45) is 3.24. The molecule has 26 heavy (non-hydrogen) atoms. The van der Waals surface area contributed by atoms with Crippen LogP contribution in [0.3, 0.4) is 0 Å². The van der Waals surface area contributed by atoms with Gasteiger partial charge in [0.05, 0.1) is 15.7 Å². The van der Waals surface area contributed by atoms with E-state index < -0.39 is 16.0 Å². The van der Waals surface area contributed by atoms with Crippen molar-refractivity contribution < 1.29 is 18.3 Å². The lowest BCUT2D eigenvalue weighted by molar-refractivity contribution is 0.0697. The van der Waals surface area contributed by atoms with Gasteiger partial charge in [0.25, 0.3) is 10.0 Å². The van der Waals surface area contributed by atoms with Crippen LogP contribution in [0.25, 0.3) is 0 Å². The van der Waals surface area contributed by atoms with Gasteiger partial charge in [0.15, 0.2) is 0 Å². The molecule has 0 aliphatic carbocycles. The second-order valence-corrected chi connectivity index (χ2v) is 9.87. The van der Waals surface area contributed by atoms with Crippen LogP contribution in [0.15, 0.2) is 32.4 Å². The van der Waals surface area contributed by atoms with E-state index in [2.05, 4.69) is 32.6 Å². The van der Waals surface area contributed by atoms with Crippen LogP contribution in [0.2, 0.25) is 0 Å². The fourth-order valence-corrected chi connectivity index (χ4v) is 5.38. The SMILES string of the molecule is CCCCN(CC)c1ncc(NS(=O)(=O)c2ccc(Br)s2)cc1C(=O)O. The van der Waals surface area contributed by atoms with Crippen molar-refractivity contribution in [2.24, 2.45) is 0 Å². The summed E-state index contributed by atoms with van der Waals surface area (Å²) in [5, 5.41) is 9.53. The highest BCUT2D eigenvalue weighted by atomic mass is 79.9. The van der Waals surface area contributed by atoms with Crippen LogP contribution in [0, 0.1) is 0 Å². The van der Waals surface area contributed by atoms with Gasteiger partial charge in [0.2, 0.25) is 0 Å². The minimum atomic E-state index is -3.80. The highest BCUT2D eigenvalue weighted by Gasteiger charge is 2.21. The van der Waals surface area contributed by atoms with Crippen molar-refractivity contribution in [3.8, 4) is 0 Å². The smallest absolute Gasteiger partial charge is 0.339 e. The number of thiophene rings is 1. The van der Waals surface area contributed by atoms with Gasteiger partial charge >= 0.3 is 5.97 Å². The molecule has 0 spiro atoms. The number of aromatic nitrogens is 1. The van der Waals surface area contributed by atoms with Crippen LogP contribution >= 0.6 is 27.3 Å². The van der Waals surface area contributed by atoms with Crippen molar-refractivity contribution in [1.29, 1.82) is 0 Å². The molecule has 2 aromatic rings. The van der Waals surface area contributed by atoms with E-state index in [-0.39, 0.29) is 15.5 Å².